The van der Waals surface area contributed by atoms with Crippen LogP contribution < -0.4 is 14.8 Å². The molecule has 0 aliphatic heterocycles. The van der Waals surface area contributed by atoms with Gasteiger partial charge in [0.25, 0.3) is 5.91 Å². The summed E-state index contributed by atoms with van der Waals surface area (Å²) in [5.74, 6) is 2.10. The zero-order valence-corrected chi connectivity index (χ0v) is 12.5. The summed E-state index contributed by atoms with van der Waals surface area (Å²) < 4.78 is 11.4. The van der Waals surface area contributed by atoms with E-state index in [1.165, 1.54) is 0 Å². The Labute approximate surface area is 130 Å². The first-order valence-corrected chi connectivity index (χ1v) is 7.51. The number of rotatable bonds is 6. The molecule has 0 heterocycles. The van der Waals surface area contributed by atoms with Gasteiger partial charge in [0.15, 0.2) is 6.10 Å². The van der Waals surface area contributed by atoms with Crippen LogP contribution in [0.4, 0.5) is 0 Å². The van der Waals surface area contributed by atoms with Gasteiger partial charge in [-0.05, 0) is 56.2 Å². The van der Waals surface area contributed by atoms with Crippen molar-refractivity contribution < 1.29 is 14.3 Å². The lowest BCUT2D eigenvalue weighted by Crippen LogP contribution is -2.37. The van der Waals surface area contributed by atoms with E-state index in [0.717, 1.165) is 24.3 Å². The second-order valence-corrected chi connectivity index (χ2v) is 5.43. The molecule has 1 aliphatic carbocycles. The first-order chi connectivity index (χ1) is 10.7. The number of hydrogen-bond acceptors (Lipinski definition) is 3. The van der Waals surface area contributed by atoms with Crippen molar-refractivity contribution in [1.82, 2.24) is 5.32 Å². The van der Waals surface area contributed by atoms with Crippen LogP contribution in [0.2, 0.25) is 0 Å². The Morgan fingerprint density at radius 1 is 1.00 bits per heavy atom. The monoisotopic (exact) mass is 297 g/mol. The third-order valence-electron chi connectivity index (χ3n) is 3.41. The molecule has 1 atom stereocenters. The molecule has 1 fully saturated rings. The Morgan fingerprint density at radius 3 is 2.23 bits per heavy atom. The molecule has 1 aliphatic rings. The number of benzene rings is 2. The topological polar surface area (TPSA) is 47.6 Å². The summed E-state index contributed by atoms with van der Waals surface area (Å²) in [6.07, 6.45) is 1.65. The lowest BCUT2D eigenvalue weighted by atomic mass is 10.3. The lowest BCUT2D eigenvalue weighted by Gasteiger charge is -2.14. The molecule has 0 spiro atoms. The number of hydrogen-bond donors (Lipinski definition) is 1. The van der Waals surface area contributed by atoms with Crippen molar-refractivity contribution in [2.75, 3.05) is 0 Å². The maximum atomic E-state index is 11.8. The highest BCUT2D eigenvalue weighted by Gasteiger charge is 2.26. The second-order valence-electron chi connectivity index (χ2n) is 5.43. The molecule has 0 bridgehead atoms. The van der Waals surface area contributed by atoms with Gasteiger partial charge >= 0.3 is 0 Å². The van der Waals surface area contributed by atoms with Crippen molar-refractivity contribution in [1.29, 1.82) is 0 Å². The summed E-state index contributed by atoms with van der Waals surface area (Å²) in [4.78, 5) is 11.8. The van der Waals surface area contributed by atoms with E-state index in [-0.39, 0.29) is 5.91 Å². The van der Waals surface area contributed by atoms with E-state index in [2.05, 4.69) is 5.32 Å². The number of carbonyl (C=O) groups is 1. The van der Waals surface area contributed by atoms with E-state index in [0.29, 0.717) is 11.8 Å². The van der Waals surface area contributed by atoms with Crippen LogP contribution >= 0.6 is 0 Å². The SMILES string of the molecule is C[C@@H](Oc1ccc(Oc2ccccc2)cc1)C(=O)NC1CC1. The van der Waals surface area contributed by atoms with Crippen molar-refractivity contribution in [3.8, 4) is 17.2 Å². The fraction of sp³-hybridized carbons (Fsp3) is 0.278. The van der Waals surface area contributed by atoms with Gasteiger partial charge in [0.05, 0.1) is 0 Å². The molecule has 1 saturated carbocycles. The van der Waals surface area contributed by atoms with Crippen molar-refractivity contribution in [3.05, 3.63) is 54.6 Å². The van der Waals surface area contributed by atoms with Gasteiger partial charge in [-0.3, -0.25) is 4.79 Å². The average molecular weight is 297 g/mol. The quantitative estimate of drug-likeness (QED) is 0.887. The van der Waals surface area contributed by atoms with Gasteiger partial charge in [-0.1, -0.05) is 18.2 Å². The number of amides is 1. The van der Waals surface area contributed by atoms with Crippen molar-refractivity contribution in [3.63, 3.8) is 0 Å². The Balaban J connectivity index is 1.55. The number of para-hydroxylation sites is 1. The smallest absolute Gasteiger partial charge is 0.260 e. The fourth-order valence-electron chi connectivity index (χ4n) is 2.01. The first-order valence-electron chi connectivity index (χ1n) is 7.51. The second kappa shape index (κ2) is 6.52. The fourth-order valence-corrected chi connectivity index (χ4v) is 2.01. The van der Waals surface area contributed by atoms with Crippen LogP contribution in [0.3, 0.4) is 0 Å². The molecule has 0 saturated heterocycles. The van der Waals surface area contributed by atoms with E-state index in [4.69, 9.17) is 9.47 Å². The molecule has 114 valence electrons. The molecule has 0 radical (unpaired) electrons. The van der Waals surface area contributed by atoms with Gasteiger partial charge in [0.2, 0.25) is 0 Å². The molecule has 0 unspecified atom stereocenters. The van der Waals surface area contributed by atoms with Crippen LogP contribution in [0, 0.1) is 0 Å². The van der Waals surface area contributed by atoms with Crippen LogP contribution in [-0.4, -0.2) is 18.1 Å². The van der Waals surface area contributed by atoms with Crippen molar-refractivity contribution in [2.24, 2.45) is 0 Å². The molecule has 0 aromatic heterocycles. The molecule has 4 heteroatoms. The van der Waals surface area contributed by atoms with Gasteiger partial charge in [-0.25, -0.2) is 0 Å². The Morgan fingerprint density at radius 2 is 1.59 bits per heavy atom. The molecule has 1 N–H and O–H groups in total. The van der Waals surface area contributed by atoms with Crippen molar-refractivity contribution >= 4 is 5.91 Å². The van der Waals surface area contributed by atoms with Gasteiger partial charge in [0.1, 0.15) is 17.2 Å². The largest absolute Gasteiger partial charge is 0.481 e. The van der Waals surface area contributed by atoms with Crippen LogP contribution in [-0.2, 0) is 4.79 Å². The predicted molar refractivity (Wildman–Crippen MR) is 84.2 cm³/mol. The van der Waals surface area contributed by atoms with Crippen LogP contribution in [0.1, 0.15) is 19.8 Å². The number of nitrogens with one attached hydrogen (secondary N) is 1. The van der Waals surface area contributed by atoms with Gasteiger partial charge in [-0.2, -0.15) is 0 Å². The minimum atomic E-state index is -0.499. The van der Waals surface area contributed by atoms with Crippen molar-refractivity contribution in [2.45, 2.75) is 31.9 Å². The number of ether oxygens (including phenoxy) is 2. The average Bonchev–Trinajstić information content (AvgIpc) is 3.34. The minimum absolute atomic E-state index is 0.0629. The summed E-state index contributed by atoms with van der Waals surface area (Å²) in [5, 5.41) is 2.93. The van der Waals surface area contributed by atoms with E-state index < -0.39 is 6.10 Å². The normalized spacial score (nSPS) is 15.0. The number of carbonyl (C=O) groups excluding carboxylic acids is 1. The van der Waals surface area contributed by atoms with Crippen LogP contribution in [0.5, 0.6) is 17.2 Å². The molecule has 3 rings (SSSR count). The van der Waals surface area contributed by atoms with Gasteiger partial charge < -0.3 is 14.8 Å². The molecule has 2 aromatic carbocycles. The molecular formula is C18H19NO3. The maximum absolute atomic E-state index is 11.8. The van der Waals surface area contributed by atoms with E-state index in [1.807, 2.05) is 42.5 Å². The van der Waals surface area contributed by atoms with E-state index in [1.54, 1.807) is 19.1 Å². The summed E-state index contributed by atoms with van der Waals surface area (Å²) >= 11 is 0. The Bertz CT molecular complexity index is 621. The predicted octanol–water partition coefficient (Wildman–Crippen LogP) is 3.52. The van der Waals surface area contributed by atoms with E-state index in [9.17, 15) is 4.79 Å². The maximum Gasteiger partial charge on any atom is 0.260 e. The highest BCUT2D eigenvalue weighted by atomic mass is 16.5. The summed E-state index contributed by atoms with van der Waals surface area (Å²) in [5.41, 5.74) is 0. The Hall–Kier alpha value is -2.49. The van der Waals surface area contributed by atoms with Gasteiger partial charge in [-0.15, -0.1) is 0 Å². The van der Waals surface area contributed by atoms with Crippen LogP contribution in [0.15, 0.2) is 54.6 Å². The standard InChI is InChI=1S/C18H19NO3/c1-13(18(20)19-14-7-8-14)21-16-9-11-17(12-10-16)22-15-5-3-2-4-6-15/h2-6,9-14H,7-8H2,1H3,(H,19,20)/t13-/m1/s1. The molecule has 4 nitrogen and oxygen atoms in total. The van der Waals surface area contributed by atoms with E-state index >= 15 is 0 Å². The minimum Gasteiger partial charge on any atom is -0.481 e. The van der Waals surface area contributed by atoms with Gasteiger partial charge in [0, 0.05) is 6.04 Å². The molecule has 2 aromatic rings. The zero-order valence-electron chi connectivity index (χ0n) is 12.5. The molecule has 22 heavy (non-hydrogen) atoms. The zero-order chi connectivity index (χ0) is 15.4. The molecule has 1 amide bonds. The van der Waals surface area contributed by atoms with Crippen LogP contribution in [0.25, 0.3) is 0 Å². The molecular weight excluding hydrogens is 278 g/mol. The Kier molecular flexibility index (Phi) is 4.28. The summed E-state index contributed by atoms with van der Waals surface area (Å²) in [6.45, 7) is 1.76. The summed E-state index contributed by atoms with van der Waals surface area (Å²) in [6, 6.07) is 17.2. The highest BCUT2D eigenvalue weighted by Crippen LogP contribution is 2.24. The summed E-state index contributed by atoms with van der Waals surface area (Å²) in [7, 11) is 0. The third kappa shape index (κ3) is 4.01. The highest BCUT2D eigenvalue weighted by molar-refractivity contribution is 5.81. The lowest BCUT2D eigenvalue weighted by molar-refractivity contribution is -0.127. The third-order valence-corrected chi connectivity index (χ3v) is 3.41. The first kappa shape index (κ1) is 14.4.